The summed E-state index contributed by atoms with van der Waals surface area (Å²) in [6, 6.07) is 24.8. The number of para-hydroxylation sites is 2. The number of rotatable bonds is 3. The van der Waals surface area contributed by atoms with Crippen LogP contribution in [0.2, 0.25) is 5.02 Å². The molecule has 0 aliphatic rings. The van der Waals surface area contributed by atoms with Crippen molar-refractivity contribution in [3.8, 4) is 11.3 Å². The smallest absolute Gasteiger partial charge is 0.256 e. The summed E-state index contributed by atoms with van der Waals surface area (Å²) in [5.41, 5.74) is 4.84. The summed E-state index contributed by atoms with van der Waals surface area (Å²) >= 11 is 6.19. The third kappa shape index (κ3) is 3.55. The molecule has 132 valence electrons. The van der Waals surface area contributed by atoms with Crippen LogP contribution < -0.4 is 5.32 Å². The van der Waals surface area contributed by atoms with Crippen molar-refractivity contribution in [2.75, 3.05) is 5.32 Å². The van der Waals surface area contributed by atoms with E-state index < -0.39 is 0 Å². The number of halogens is 1. The van der Waals surface area contributed by atoms with E-state index in [1.165, 1.54) is 5.56 Å². The van der Waals surface area contributed by atoms with Crippen molar-refractivity contribution in [1.82, 2.24) is 4.98 Å². The van der Waals surface area contributed by atoms with Gasteiger partial charge < -0.3 is 5.32 Å². The lowest BCUT2D eigenvalue weighted by atomic mass is 10.0. The number of benzene rings is 3. The Bertz CT molecular complexity index is 1140. The fraction of sp³-hybridized carbons (Fsp3) is 0.0435. The Hall–Kier alpha value is -3.17. The van der Waals surface area contributed by atoms with Gasteiger partial charge in [-0.3, -0.25) is 4.79 Å². The van der Waals surface area contributed by atoms with Gasteiger partial charge in [0.2, 0.25) is 0 Å². The van der Waals surface area contributed by atoms with Gasteiger partial charge in [0.15, 0.2) is 0 Å². The first-order valence-electron chi connectivity index (χ1n) is 8.64. The summed E-state index contributed by atoms with van der Waals surface area (Å²) in [4.78, 5) is 17.8. The number of hydrogen-bond donors (Lipinski definition) is 1. The van der Waals surface area contributed by atoms with E-state index in [0.717, 1.165) is 22.2 Å². The predicted octanol–water partition coefficient (Wildman–Crippen LogP) is 6.12. The van der Waals surface area contributed by atoms with Crippen LogP contribution in [-0.4, -0.2) is 10.9 Å². The van der Waals surface area contributed by atoms with Crippen molar-refractivity contribution in [2.45, 2.75) is 6.92 Å². The Morgan fingerprint density at radius 3 is 2.41 bits per heavy atom. The first kappa shape index (κ1) is 17.3. The van der Waals surface area contributed by atoms with Crippen LogP contribution >= 0.6 is 11.6 Å². The first-order valence-corrected chi connectivity index (χ1v) is 9.02. The Kier molecular flexibility index (Phi) is 4.61. The Balaban J connectivity index is 1.82. The van der Waals surface area contributed by atoms with Gasteiger partial charge in [-0.1, -0.05) is 71.8 Å². The summed E-state index contributed by atoms with van der Waals surface area (Å²) in [6.07, 6.45) is 0. The molecule has 0 aliphatic heterocycles. The van der Waals surface area contributed by atoms with Crippen molar-refractivity contribution >= 4 is 34.1 Å². The standard InChI is InChI=1S/C23H17ClN2O/c1-15-10-12-16(13-11-15)22-14-18(17-6-2-4-8-20(17)25-22)23(27)26-21-9-5-3-7-19(21)24/h2-14H,1H3,(H,26,27). The number of carbonyl (C=O) groups excluding carboxylic acids is 1. The Morgan fingerprint density at radius 1 is 0.926 bits per heavy atom. The molecule has 3 aromatic carbocycles. The molecular weight excluding hydrogens is 356 g/mol. The van der Waals surface area contributed by atoms with E-state index in [-0.39, 0.29) is 5.91 Å². The molecule has 27 heavy (non-hydrogen) atoms. The van der Waals surface area contributed by atoms with E-state index in [9.17, 15) is 4.79 Å². The number of aromatic nitrogens is 1. The van der Waals surface area contributed by atoms with E-state index in [0.29, 0.717) is 16.3 Å². The predicted molar refractivity (Wildman–Crippen MR) is 111 cm³/mol. The second-order valence-electron chi connectivity index (χ2n) is 6.37. The number of aryl methyl sites for hydroxylation is 1. The van der Waals surface area contributed by atoms with Crippen LogP contribution in [-0.2, 0) is 0 Å². The zero-order chi connectivity index (χ0) is 18.8. The van der Waals surface area contributed by atoms with Crippen LogP contribution in [0.15, 0.2) is 78.9 Å². The van der Waals surface area contributed by atoms with Crippen LogP contribution in [0.4, 0.5) is 5.69 Å². The topological polar surface area (TPSA) is 42.0 Å². The Labute approximate surface area is 162 Å². The highest BCUT2D eigenvalue weighted by atomic mass is 35.5. The molecule has 3 nitrogen and oxygen atoms in total. The van der Waals surface area contributed by atoms with Gasteiger partial charge in [0, 0.05) is 10.9 Å². The third-order valence-electron chi connectivity index (χ3n) is 4.43. The fourth-order valence-electron chi connectivity index (χ4n) is 2.99. The van der Waals surface area contributed by atoms with Gasteiger partial charge in [-0.15, -0.1) is 0 Å². The fourth-order valence-corrected chi connectivity index (χ4v) is 3.17. The third-order valence-corrected chi connectivity index (χ3v) is 4.76. The van der Waals surface area contributed by atoms with Gasteiger partial charge in [-0.05, 0) is 31.2 Å². The van der Waals surface area contributed by atoms with Gasteiger partial charge in [-0.25, -0.2) is 4.98 Å². The molecule has 0 saturated heterocycles. The lowest BCUT2D eigenvalue weighted by Crippen LogP contribution is -2.13. The van der Waals surface area contributed by atoms with Crippen molar-refractivity contribution in [3.05, 3.63) is 95.0 Å². The SMILES string of the molecule is Cc1ccc(-c2cc(C(=O)Nc3ccccc3Cl)c3ccccc3n2)cc1. The van der Waals surface area contributed by atoms with E-state index >= 15 is 0 Å². The molecule has 0 unspecified atom stereocenters. The maximum atomic E-state index is 13.0. The lowest BCUT2D eigenvalue weighted by Gasteiger charge is -2.11. The highest BCUT2D eigenvalue weighted by molar-refractivity contribution is 6.34. The molecule has 1 amide bonds. The number of amides is 1. The normalized spacial score (nSPS) is 10.7. The van der Waals surface area contributed by atoms with E-state index in [2.05, 4.69) is 5.32 Å². The molecule has 0 fully saturated rings. The molecule has 4 heteroatoms. The molecule has 0 spiro atoms. The van der Waals surface area contributed by atoms with Gasteiger partial charge in [0.05, 0.1) is 27.5 Å². The van der Waals surface area contributed by atoms with Crippen molar-refractivity contribution in [3.63, 3.8) is 0 Å². The summed E-state index contributed by atoms with van der Waals surface area (Å²) in [7, 11) is 0. The van der Waals surface area contributed by atoms with Crippen LogP contribution in [0.3, 0.4) is 0 Å². The Morgan fingerprint density at radius 2 is 1.63 bits per heavy atom. The van der Waals surface area contributed by atoms with Crippen molar-refractivity contribution < 1.29 is 4.79 Å². The van der Waals surface area contributed by atoms with Crippen LogP contribution in [0.1, 0.15) is 15.9 Å². The van der Waals surface area contributed by atoms with E-state index in [1.807, 2.05) is 73.7 Å². The van der Waals surface area contributed by atoms with Crippen LogP contribution in [0.5, 0.6) is 0 Å². The summed E-state index contributed by atoms with van der Waals surface area (Å²) < 4.78 is 0. The molecule has 4 aromatic rings. The molecule has 0 bridgehead atoms. The second kappa shape index (κ2) is 7.22. The average molecular weight is 373 g/mol. The molecule has 0 saturated carbocycles. The molecule has 1 N–H and O–H groups in total. The number of hydrogen-bond acceptors (Lipinski definition) is 2. The maximum Gasteiger partial charge on any atom is 0.256 e. The number of anilines is 1. The summed E-state index contributed by atoms with van der Waals surface area (Å²) in [5, 5.41) is 4.21. The molecular formula is C23H17ClN2O. The van der Waals surface area contributed by atoms with E-state index in [1.54, 1.807) is 12.1 Å². The number of nitrogens with zero attached hydrogens (tertiary/aromatic N) is 1. The molecule has 0 radical (unpaired) electrons. The highest BCUT2D eigenvalue weighted by Gasteiger charge is 2.15. The molecule has 0 aliphatic carbocycles. The summed E-state index contributed by atoms with van der Waals surface area (Å²) in [6.45, 7) is 2.04. The first-order chi connectivity index (χ1) is 13.1. The van der Waals surface area contributed by atoms with Gasteiger partial charge in [-0.2, -0.15) is 0 Å². The minimum absolute atomic E-state index is 0.213. The van der Waals surface area contributed by atoms with Crippen molar-refractivity contribution in [1.29, 1.82) is 0 Å². The lowest BCUT2D eigenvalue weighted by molar-refractivity contribution is 0.102. The number of pyridine rings is 1. The van der Waals surface area contributed by atoms with Crippen LogP contribution in [0, 0.1) is 6.92 Å². The molecule has 4 rings (SSSR count). The van der Waals surface area contributed by atoms with Gasteiger partial charge >= 0.3 is 0 Å². The number of carbonyl (C=O) groups is 1. The average Bonchev–Trinajstić information content (AvgIpc) is 2.69. The largest absolute Gasteiger partial charge is 0.321 e. The molecule has 1 heterocycles. The number of nitrogens with one attached hydrogen (secondary N) is 1. The molecule has 0 atom stereocenters. The maximum absolute atomic E-state index is 13.0. The van der Waals surface area contributed by atoms with Crippen molar-refractivity contribution in [2.24, 2.45) is 0 Å². The highest BCUT2D eigenvalue weighted by Crippen LogP contribution is 2.27. The van der Waals surface area contributed by atoms with Gasteiger partial charge in [0.25, 0.3) is 5.91 Å². The quantitative estimate of drug-likeness (QED) is 0.471. The minimum atomic E-state index is -0.213. The van der Waals surface area contributed by atoms with E-state index in [4.69, 9.17) is 16.6 Å². The molecule has 1 aromatic heterocycles. The monoisotopic (exact) mass is 372 g/mol. The zero-order valence-corrected chi connectivity index (χ0v) is 15.5. The zero-order valence-electron chi connectivity index (χ0n) is 14.7. The second-order valence-corrected chi connectivity index (χ2v) is 6.78. The minimum Gasteiger partial charge on any atom is -0.321 e. The summed E-state index contributed by atoms with van der Waals surface area (Å²) in [5.74, 6) is -0.213. The van der Waals surface area contributed by atoms with Crippen LogP contribution in [0.25, 0.3) is 22.2 Å². The van der Waals surface area contributed by atoms with Gasteiger partial charge in [0.1, 0.15) is 0 Å². The number of fused-ring (bicyclic) bond motifs is 1.